The summed E-state index contributed by atoms with van der Waals surface area (Å²) in [7, 11) is 0. The van der Waals surface area contributed by atoms with Crippen LogP contribution in [-0.2, 0) is 11.2 Å². The highest BCUT2D eigenvalue weighted by Gasteiger charge is 2.02. The van der Waals surface area contributed by atoms with Crippen molar-refractivity contribution in [2.24, 2.45) is 0 Å². The third kappa shape index (κ3) is 2.54. The Morgan fingerprint density at radius 2 is 2.23 bits per heavy atom. The summed E-state index contributed by atoms with van der Waals surface area (Å²) in [6.07, 6.45) is 0.882. The van der Waals surface area contributed by atoms with E-state index in [9.17, 15) is 4.79 Å². The molecule has 0 spiro atoms. The quantitative estimate of drug-likeness (QED) is 0.751. The summed E-state index contributed by atoms with van der Waals surface area (Å²) in [6.45, 7) is 5.45. The predicted molar refractivity (Wildman–Crippen MR) is 52.7 cm³/mol. The molecule has 0 aliphatic heterocycles. The standard InChI is InChI=1S/C10H14N2O/c1-4-9-6-5-7(2)10(12-9)11-8(3)13/h5-6H,4H2,1-3H3,(H,11,12,13). The zero-order valence-electron chi connectivity index (χ0n) is 8.22. The molecule has 1 heterocycles. The molecule has 0 aliphatic rings. The second-order valence-electron chi connectivity index (χ2n) is 3.00. The van der Waals surface area contributed by atoms with Gasteiger partial charge in [0, 0.05) is 12.6 Å². The number of hydrogen-bond donors (Lipinski definition) is 1. The molecule has 70 valence electrons. The van der Waals surface area contributed by atoms with Crippen LogP contribution in [0.4, 0.5) is 5.82 Å². The van der Waals surface area contributed by atoms with E-state index in [1.165, 1.54) is 6.92 Å². The van der Waals surface area contributed by atoms with Gasteiger partial charge < -0.3 is 5.32 Å². The van der Waals surface area contributed by atoms with Crippen LogP contribution in [0, 0.1) is 6.92 Å². The van der Waals surface area contributed by atoms with Gasteiger partial charge >= 0.3 is 0 Å². The second kappa shape index (κ2) is 4.03. The fourth-order valence-corrected chi connectivity index (χ4v) is 1.06. The molecule has 0 unspecified atom stereocenters. The number of rotatable bonds is 2. The van der Waals surface area contributed by atoms with Crippen LogP contribution >= 0.6 is 0 Å². The van der Waals surface area contributed by atoms with Gasteiger partial charge in [-0.15, -0.1) is 0 Å². The van der Waals surface area contributed by atoms with Crippen molar-refractivity contribution in [3.63, 3.8) is 0 Å². The lowest BCUT2D eigenvalue weighted by Gasteiger charge is -2.06. The Labute approximate surface area is 78.2 Å². The molecule has 0 bridgehead atoms. The number of hydrogen-bond acceptors (Lipinski definition) is 2. The highest BCUT2D eigenvalue weighted by molar-refractivity contribution is 5.88. The van der Waals surface area contributed by atoms with Gasteiger partial charge in [-0.1, -0.05) is 13.0 Å². The molecule has 1 N–H and O–H groups in total. The highest BCUT2D eigenvalue weighted by atomic mass is 16.1. The summed E-state index contributed by atoms with van der Waals surface area (Å²) >= 11 is 0. The van der Waals surface area contributed by atoms with Crippen molar-refractivity contribution in [2.45, 2.75) is 27.2 Å². The Morgan fingerprint density at radius 1 is 1.54 bits per heavy atom. The second-order valence-corrected chi connectivity index (χ2v) is 3.00. The summed E-state index contributed by atoms with van der Waals surface area (Å²) in [5.74, 6) is 0.593. The van der Waals surface area contributed by atoms with Crippen molar-refractivity contribution in [1.29, 1.82) is 0 Å². The molecule has 0 radical (unpaired) electrons. The van der Waals surface area contributed by atoms with Crippen molar-refractivity contribution < 1.29 is 4.79 Å². The third-order valence-corrected chi connectivity index (χ3v) is 1.81. The van der Waals surface area contributed by atoms with Gasteiger partial charge in [0.15, 0.2) is 0 Å². The van der Waals surface area contributed by atoms with Crippen molar-refractivity contribution in [3.8, 4) is 0 Å². The zero-order chi connectivity index (χ0) is 9.84. The Hall–Kier alpha value is -1.38. The van der Waals surface area contributed by atoms with E-state index in [2.05, 4.69) is 10.3 Å². The minimum atomic E-state index is -0.0798. The first-order chi connectivity index (χ1) is 6.13. The summed E-state index contributed by atoms with van der Waals surface area (Å²) in [6, 6.07) is 3.94. The Morgan fingerprint density at radius 3 is 2.77 bits per heavy atom. The molecule has 0 saturated heterocycles. The van der Waals surface area contributed by atoms with Crippen molar-refractivity contribution in [3.05, 3.63) is 23.4 Å². The molecule has 0 atom stereocenters. The zero-order valence-corrected chi connectivity index (χ0v) is 8.22. The fraction of sp³-hybridized carbons (Fsp3) is 0.400. The van der Waals surface area contributed by atoms with Crippen molar-refractivity contribution >= 4 is 11.7 Å². The van der Waals surface area contributed by atoms with Crippen LogP contribution < -0.4 is 5.32 Å². The maximum absolute atomic E-state index is 10.8. The van der Waals surface area contributed by atoms with Gasteiger partial charge in [0.1, 0.15) is 5.82 Å². The number of anilines is 1. The number of aryl methyl sites for hydroxylation is 2. The topological polar surface area (TPSA) is 42.0 Å². The molecule has 13 heavy (non-hydrogen) atoms. The minimum Gasteiger partial charge on any atom is -0.311 e. The van der Waals surface area contributed by atoms with Crippen LogP contribution in [0.2, 0.25) is 0 Å². The maximum atomic E-state index is 10.8. The summed E-state index contributed by atoms with van der Waals surface area (Å²) in [5.41, 5.74) is 1.99. The number of aromatic nitrogens is 1. The van der Waals surface area contributed by atoms with Crippen molar-refractivity contribution in [2.75, 3.05) is 5.32 Å². The number of nitrogens with one attached hydrogen (secondary N) is 1. The molecular weight excluding hydrogens is 164 g/mol. The molecule has 1 aromatic heterocycles. The van der Waals surface area contributed by atoms with E-state index in [4.69, 9.17) is 0 Å². The lowest BCUT2D eigenvalue weighted by atomic mass is 10.2. The van der Waals surface area contributed by atoms with Crippen LogP contribution in [0.15, 0.2) is 12.1 Å². The van der Waals surface area contributed by atoms with Crippen LogP contribution in [0.5, 0.6) is 0 Å². The molecule has 3 nitrogen and oxygen atoms in total. The number of carbonyl (C=O) groups is 1. The summed E-state index contributed by atoms with van der Waals surface area (Å²) in [5, 5.41) is 2.70. The van der Waals surface area contributed by atoms with E-state index in [0.29, 0.717) is 5.82 Å². The van der Waals surface area contributed by atoms with Gasteiger partial charge in [-0.25, -0.2) is 4.98 Å². The van der Waals surface area contributed by atoms with Gasteiger partial charge in [0.2, 0.25) is 5.91 Å². The lowest BCUT2D eigenvalue weighted by molar-refractivity contribution is -0.114. The van der Waals surface area contributed by atoms with E-state index >= 15 is 0 Å². The number of carbonyl (C=O) groups excluding carboxylic acids is 1. The average Bonchev–Trinajstić information content (AvgIpc) is 2.08. The van der Waals surface area contributed by atoms with Gasteiger partial charge in [-0.05, 0) is 25.0 Å². The van der Waals surface area contributed by atoms with E-state index in [0.717, 1.165) is 17.7 Å². The minimum absolute atomic E-state index is 0.0798. The lowest BCUT2D eigenvalue weighted by Crippen LogP contribution is -2.09. The monoisotopic (exact) mass is 178 g/mol. The molecule has 0 aliphatic carbocycles. The van der Waals surface area contributed by atoms with Crippen LogP contribution in [0.1, 0.15) is 25.1 Å². The number of nitrogens with zero attached hydrogens (tertiary/aromatic N) is 1. The number of pyridine rings is 1. The SMILES string of the molecule is CCc1ccc(C)c(NC(C)=O)n1. The molecular formula is C10H14N2O. The molecule has 0 saturated carbocycles. The fourth-order valence-electron chi connectivity index (χ4n) is 1.06. The van der Waals surface area contributed by atoms with E-state index in [1.807, 2.05) is 26.0 Å². The normalized spacial score (nSPS) is 9.77. The molecule has 1 aromatic rings. The van der Waals surface area contributed by atoms with Crippen LogP contribution in [0.3, 0.4) is 0 Å². The van der Waals surface area contributed by atoms with Crippen LogP contribution in [-0.4, -0.2) is 10.9 Å². The van der Waals surface area contributed by atoms with Crippen molar-refractivity contribution in [1.82, 2.24) is 4.98 Å². The maximum Gasteiger partial charge on any atom is 0.222 e. The Bertz CT molecular complexity index is 321. The molecule has 0 aromatic carbocycles. The first kappa shape index (κ1) is 9.71. The van der Waals surface area contributed by atoms with E-state index in [1.54, 1.807) is 0 Å². The van der Waals surface area contributed by atoms with Gasteiger partial charge in [-0.2, -0.15) is 0 Å². The first-order valence-electron chi connectivity index (χ1n) is 4.37. The van der Waals surface area contributed by atoms with Crippen LogP contribution in [0.25, 0.3) is 0 Å². The summed E-state index contributed by atoms with van der Waals surface area (Å²) < 4.78 is 0. The largest absolute Gasteiger partial charge is 0.311 e. The molecule has 3 heteroatoms. The summed E-state index contributed by atoms with van der Waals surface area (Å²) in [4.78, 5) is 15.1. The molecule has 1 rings (SSSR count). The number of amides is 1. The molecule has 0 fully saturated rings. The average molecular weight is 178 g/mol. The predicted octanol–water partition coefficient (Wildman–Crippen LogP) is 1.91. The van der Waals surface area contributed by atoms with Gasteiger partial charge in [0.05, 0.1) is 0 Å². The van der Waals surface area contributed by atoms with Gasteiger partial charge in [0.25, 0.3) is 0 Å². The first-order valence-corrected chi connectivity index (χ1v) is 4.37. The highest BCUT2D eigenvalue weighted by Crippen LogP contribution is 2.12. The van der Waals surface area contributed by atoms with E-state index in [-0.39, 0.29) is 5.91 Å². The smallest absolute Gasteiger partial charge is 0.222 e. The Balaban J connectivity index is 2.96. The molecule has 1 amide bonds. The third-order valence-electron chi connectivity index (χ3n) is 1.81. The van der Waals surface area contributed by atoms with E-state index < -0.39 is 0 Å². The van der Waals surface area contributed by atoms with Gasteiger partial charge in [-0.3, -0.25) is 4.79 Å². The Kier molecular flexibility index (Phi) is 3.01.